The highest BCUT2D eigenvalue weighted by Crippen LogP contribution is 2.56. The summed E-state index contributed by atoms with van der Waals surface area (Å²) in [4.78, 5) is 45.2. The lowest BCUT2D eigenvalue weighted by molar-refractivity contribution is -0.144. The van der Waals surface area contributed by atoms with E-state index in [1.54, 1.807) is 13.8 Å². The highest BCUT2D eigenvalue weighted by molar-refractivity contribution is 8.15. The Bertz CT molecular complexity index is 640. The van der Waals surface area contributed by atoms with Gasteiger partial charge in [-0.2, -0.15) is 0 Å². The number of carboxylic acid groups (broad SMARTS) is 1. The first-order chi connectivity index (χ1) is 12.5. The zero-order valence-electron chi connectivity index (χ0n) is 15.2. The lowest BCUT2D eigenvalue weighted by Gasteiger charge is -2.39. The maximum Gasteiger partial charge on any atom is 0.475 e. The van der Waals surface area contributed by atoms with E-state index >= 15 is 0 Å². The number of thioether (sulfide) groups is 1. The van der Waals surface area contributed by atoms with Gasteiger partial charge >= 0.3 is 13.8 Å². The molecule has 0 aromatic rings. The Kier molecular flexibility index (Phi) is 8.89. The van der Waals surface area contributed by atoms with E-state index in [-0.39, 0.29) is 37.8 Å². The van der Waals surface area contributed by atoms with Crippen LogP contribution >= 0.6 is 19.6 Å². The number of nitrogens with one attached hydrogen (secondary N) is 2. The van der Waals surface area contributed by atoms with Crippen molar-refractivity contribution >= 4 is 42.5 Å². The van der Waals surface area contributed by atoms with Gasteiger partial charge in [-0.1, -0.05) is 25.6 Å². The van der Waals surface area contributed by atoms with Crippen LogP contribution in [0, 0.1) is 5.41 Å². The van der Waals surface area contributed by atoms with Crippen molar-refractivity contribution in [2.24, 2.45) is 5.41 Å². The molecule has 0 aliphatic carbocycles. The Morgan fingerprint density at radius 2 is 1.93 bits per heavy atom. The molecule has 27 heavy (non-hydrogen) atoms. The monoisotopic (exact) mass is 426 g/mol. The summed E-state index contributed by atoms with van der Waals surface area (Å²) >= 11 is 0.586. The van der Waals surface area contributed by atoms with Crippen LogP contribution in [0.1, 0.15) is 20.3 Å². The Morgan fingerprint density at radius 1 is 1.26 bits per heavy atom. The van der Waals surface area contributed by atoms with Gasteiger partial charge < -0.3 is 15.7 Å². The average molecular weight is 426 g/mol. The van der Waals surface area contributed by atoms with Crippen molar-refractivity contribution in [2.45, 2.75) is 26.4 Å². The van der Waals surface area contributed by atoms with Gasteiger partial charge in [-0.05, 0) is 0 Å². The van der Waals surface area contributed by atoms with Gasteiger partial charge in [0.1, 0.15) is 0 Å². The van der Waals surface area contributed by atoms with Crippen molar-refractivity contribution in [2.75, 3.05) is 32.6 Å². The van der Waals surface area contributed by atoms with Gasteiger partial charge in [0.15, 0.2) is 6.10 Å². The minimum Gasteiger partial charge on any atom is -0.475 e. The second kappa shape index (κ2) is 10.2. The summed E-state index contributed by atoms with van der Waals surface area (Å²) in [5.41, 5.74) is -0.743. The van der Waals surface area contributed by atoms with Crippen LogP contribution < -0.4 is 10.6 Å². The van der Waals surface area contributed by atoms with Gasteiger partial charge in [0, 0.05) is 37.8 Å². The minimum absolute atomic E-state index is 0.00339. The molecule has 0 saturated carbocycles. The van der Waals surface area contributed by atoms with E-state index in [4.69, 9.17) is 14.2 Å². The topological polar surface area (TPSA) is 157 Å². The molecule has 1 unspecified atom stereocenters. The molecule has 1 heterocycles. The summed E-state index contributed by atoms with van der Waals surface area (Å²) < 4.78 is 27.0. The van der Waals surface area contributed by atoms with Crippen LogP contribution in [0.25, 0.3) is 0 Å². The van der Waals surface area contributed by atoms with Crippen LogP contribution in [0.3, 0.4) is 0 Å². The molecule has 1 aliphatic rings. The summed E-state index contributed by atoms with van der Waals surface area (Å²) in [7, 11) is -2.63. The Balaban J connectivity index is 2.34. The fraction of sp³-hybridized carbons (Fsp3) is 0.714. The van der Waals surface area contributed by atoms with Crippen LogP contribution in [0.2, 0.25) is 0 Å². The van der Waals surface area contributed by atoms with E-state index in [0.717, 1.165) is 7.11 Å². The molecule has 0 spiro atoms. The number of amides is 2. The molecule has 1 fully saturated rings. The summed E-state index contributed by atoms with van der Waals surface area (Å²) in [5, 5.41) is 12.4. The molecule has 0 radical (unpaired) electrons. The molecule has 1 aliphatic heterocycles. The van der Waals surface area contributed by atoms with Crippen molar-refractivity contribution in [3.8, 4) is 0 Å². The molecule has 0 bridgehead atoms. The van der Waals surface area contributed by atoms with Gasteiger partial charge in [0.25, 0.3) is 5.12 Å². The van der Waals surface area contributed by atoms with Gasteiger partial charge in [-0.25, -0.2) is 9.36 Å². The third-order valence-electron chi connectivity index (χ3n) is 3.48. The third kappa shape index (κ3) is 7.59. The lowest BCUT2D eigenvalue weighted by atomic mass is 9.87. The van der Waals surface area contributed by atoms with E-state index in [1.807, 2.05) is 0 Å². The number of hydrogen-bond acceptors (Lipinski definition) is 9. The van der Waals surface area contributed by atoms with Crippen LogP contribution in [-0.4, -0.2) is 66.7 Å². The molecular formula is C14H23N2O9PS. The second-order valence-electron chi connectivity index (χ2n) is 6.21. The van der Waals surface area contributed by atoms with E-state index in [2.05, 4.69) is 15.2 Å². The fourth-order valence-electron chi connectivity index (χ4n) is 2.00. The molecule has 3 N–H and O–H groups in total. The normalized spacial score (nSPS) is 24.0. The third-order valence-corrected chi connectivity index (χ3v) is 5.69. The minimum atomic E-state index is -3.78. The van der Waals surface area contributed by atoms with Crippen molar-refractivity contribution in [3.63, 3.8) is 0 Å². The quantitative estimate of drug-likeness (QED) is 0.277. The molecule has 2 atom stereocenters. The van der Waals surface area contributed by atoms with E-state index < -0.39 is 36.3 Å². The molecule has 154 valence electrons. The van der Waals surface area contributed by atoms with Crippen molar-refractivity contribution in [1.29, 1.82) is 0 Å². The molecule has 13 heteroatoms. The molecule has 11 nitrogen and oxygen atoms in total. The Morgan fingerprint density at radius 3 is 2.52 bits per heavy atom. The molecule has 0 aromatic heterocycles. The van der Waals surface area contributed by atoms with Gasteiger partial charge in [0.05, 0.1) is 6.61 Å². The van der Waals surface area contributed by atoms with Crippen LogP contribution in [-0.2, 0) is 37.3 Å². The number of phosphoric ester groups is 1. The van der Waals surface area contributed by atoms with Gasteiger partial charge in [-0.3, -0.25) is 28.0 Å². The number of aliphatic carboxylic acids is 1. The van der Waals surface area contributed by atoms with Crippen molar-refractivity contribution in [1.82, 2.24) is 10.6 Å². The Labute approximate surface area is 160 Å². The smallest absolute Gasteiger partial charge is 0.475 e. The number of phosphoric acid groups is 1. The summed E-state index contributed by atoms with van der Waals surface area (Å²) in [6.07, 6.45) is -1.10. The predicted octanol–water partition coefficient (Wildman–Crippen LogP) is 0.149. The maximum absolute atomic E-state index is 12.3. The molecular weight excluding hydrogens is 403 g/mol. The standard InChI is InChI=1S/C14H23N2O9PS/c1-14(2)8-24-26(22,23-3)25-10(14)11(18)16-5-4-9(17)15-6-7-27-13(21)12(19)20/h10H,4-8H2,1-3H3,(H,15,17)(H,16,18)(H,19,20)/t10-,26?/m0/s1. The summed E-state index contributed by atoms with van der Waals surface area (Å²) in [6, 6.07) is 0. The van der Waals surface area contributed by atoms with Gasteiger partial charge in [-0.15, -0.1) is 0 Å². The van der Waals surface area contributed by atoms with Crippen LogP contribution in [0.5, 0.6) is 0 Å². The zero-order valence-corrected chi connectivity index (χ0v) is 16.9. The first-order valence-electron chi connectivity index (χ1n) is 7.94. The molecule has 1 saturated heterocycles. The van der Waals surface area contributed by atoms with Crippen LogP contribution in [0.15, 0.2) is 0 Å². The van der Waals surface area contributed by atoms with E-state index in [9.17, 15) is 23.7 Å². The lowest BCUT2D eigenvalue weighted by Crippen LogP contribution is -2.50. The highest BCUT2D eigenvalue weighted by Gasteiger charge is 2.48. The van der Waals surface area contributed by atoms with Crippen LogP contribution in [0.4, 0.5) is 0 Å². The first-order valence-corrected chi connectivity index (χ1v) is 10.4. The second-order valence-corrected chi connectivity index (χ2v) is 9.01. The summed E-state index contributed by atoms with van der Waals surface area (Å²) in [6.45, 7) is 3.55. The SMILES string of the molecule is COP1(=O)OCC(C)(C)[C@H](C(=O)NCCC(=O)NCCSC(=O)C(=O)O)O1. The largest absolute Gasteiger partial charge is 0.475 e. The highest BCUT2D eigenvalue weighted by atomic mass is 32.2. The number of carboxylic acids is 1. The van der Waals surface area contributed by atoms with E-state index in [1.165, 1.54) is 0 Å². The molecule has 0 aromatic carbocycles. The fourth-order valence-corrected chi connectivity index (χ4v) is 3.89. The zero-order chi connectivity index (χ0) is 20.7. The summed E-state index contributed by atoms with van der Waals surface area (Å²) in [5.74, 6) is -2.34. The first kappa shape index (κ1) is 23.6. The van der Waals surface area contributed by atoms with Crippen molar-refractivity contribution < 1.29 is 42.4 Å². The number of carbonyl (C=O) groups excluding carboxylic acids is 3. The molecule has 1 rings (SSSR count). The predicted molar refractivity (Wildman–Crippen MR) is 95.0 cm³/mol. The molecule has 2 amide bonds. The van der Waals surface area contributed by atoms with E-state index in [0.29, 0.717) is 11.8 Å². The number of hydrogen-bond donors (Lipinski definition) is 3. The van der Waals surface area contributed by atoms with Gasteiger partial charge in [0.2, 0.25) is 11.8 Å². The Hall–Kier alpha value is -1.46. The number of carbonyl (C=O) groups is 4. The van der Waals surface area contributed by atoms with Crippen molar-refractivity contribution in [3.05, 3.63) is 0 Å². The maximum atomic E-state index is 12.3. The average Bonchev–Trinajstić information content (AvgIpc) is 2.60. The number of rotatable bonds is 8.